The van der Waals surface area contributed by atoms with E-state index in [-0.39, 0.29) is 48.9 Å². The van der Waals surface area contributed by atoms with E-state index in [1.807, 2.05) is 0 Å². The highest BCUT2D eigenvalue weighted by atomic mass is 16.8. The van der Waals surface area contributed by atoms with Crippen molar-refractivity contribution in [2.75, 3.05) is 39.6 Å². The Labute approximate surface area is 501 Å². The van der Waals surface area contributed by atoms with Crippen molar-refractivity contribution >= 4 is 11.9 Å². The van der Waals surface area contributed by atoms with Gasteiger partial charge in [-0.05, 0) is 74.7 Å². The standard InChI is InChI=1S/C58H88O29/c1-21-15-78-58(48(71)43(21)83-51-41(69)39(67)37(65)22(2)79-51)31(16-74-24(4)60)36-34(87-58)14-30-28-9-8-26-12-27(62)13-35(56(26,7)29(28)10-11-55(30,36)6)82-53-47(45(33(64)18-76-53)84-50-40(68)38(66)32(63)17-75-50)86-52-42(70)46(44(23(3)80-52)81-25(5)61)85-54-49(72)57(73,19-59)20-77-54/h8,22-23,27-54,59,62-73H,1,9-20H2,2-7H3/t22-,23+,27-,28-,29+,30+,31+,32-,33-,34+,35-,36+,37-,38+,39+,40-,41-,42-,43+,44+,45-,46+,47+,48+,49+,50+,51+,52+,53+,54+,55+,56+,57-,58+/m1/s1. The van der Waals surface area contributed by atoms with E-state index in [2.05, 4.69) is 26.5 Å². The Kier molecular flexibility index (Phi) is 19.0. The topological polar surface area (TPSA) is 426 Å². The van der Waals surface area contributed by atoms with E-state index in [1.165, 1.54) is 20.8 Å². The van der Waals surface area contributed by atoms with Crippen molar-refractivity contribution < 1.29 is 142 Å². The average molecular weight is 1250 g/mol. The fourth-order valence-electron chi connectivity index (χ4n) is 16.6. The molecule has 3 saturated carbocycles. The lowest BCUT2D eigenvalue weighted by Gasteiger charge is -2.61. The number of hydrogen-bond acceptors (Lipinski definition) is 29. The van der Waals surface area contributed by atoms with E-state index >= 15 is 0 Å². The molecule has 0 aromatic carbocycles. The second-order valence-electron chi connectivity index (χ2n) is 26.5. The van der Waals surface area contributed by atoms with Crippen LogP contribution in [-0.4, -0.2) is 283 Å². The molecule has 13 N–H and O–H groups in total. The van der Waals surface area contributed by atoms with Gasteiger partial charge in [0.15, 0.2) is 37.6 Å². The van der Waals surface area contributed by atoms with Crippen molar-refractivity contribution in [2.45, 2.75) is 245 Å². The van der Waals surface area contributed by atoms with Crippen LogP contribution in [0.15, 0.2) is 23.8 Å². The molecule has 7 saturated heterocycles. The molecule has 7 aliphatic heterocycles. The van der Waals surface area contributed by atoms with E-state index in [1.54, 1.807) is 0 Å². The zero-order valence-electron chi connectivity index (χ0n) is 49.4. The van der Waals surface area contributed by atoms with Crippen LogP contribution in [0.2, 0.25) is 0 Å². The van der Waals surface area contributed by atoms with Crippen molar-refractivity contribution in [3.05, 3.63) is 23.8 Å². The first-order valence-electron chi connectivity index (χ1n) is 30.3. The molecule has 0 bridgehead atoms. The predicted molar refractivity (Wildman–Crippen MR) is 285 cm³/mol. The smallest absolute Gasteiger partial charge is 0.303 e. The van der Waals surface area contributed by atoms with Gasteiger partial charge in [0.2, 0.25) is 5.79 Å². The molecule has 0 aromatic rings. The zero-order chi connectivity index (χ0) is 62.7. The lowest BCUT2D eigenvalue weighted by molar-refractivity contribution is -0.387. The highest BCUT2D eigenvalue weighted by molar-refractivity contribution is 5.66. The monoisotopic (exact) mass is 1250 g/mol. The number of aliphatic hydroxyl groups excluding tert-OH is 12. The van der Waals surface area contributed by atoms with E-state index in [0.29, 0.717) is 32.1 Å². The first-order valence-corrected chi connectivity index (χ1v) is 30.3. The molecular weight excluding hydrogens is 1160 g/mol. The normalized spacial score (nSPS) is 54.1. The number of carbonyl (C=O) groups is 2. The molecule has 29 heteroatoms. The van der Waals surface area contributed by atoms with Crippen molar-refractivity contribution in [1.82, 2.24) is 0 Å². The quantitative estimate of drug-likeness (QED) is 0.0579. The molecule has 0 radical (unpaired) electrons. The minimum Gasteiger partial charge on any atom is -0.465 e. The molecule has 34 atom stereocenters. The number of carbonyl (C=O) groups excluding carboxylic acids is 2. The van der Waals surface area contributed by atoms with E-state index in [4.69, 9.17) is 66.3 Å². The van der Waals surface area contributed by atoms with Gasteiger partial charge in [-0.3, -0.25) is 9.59 Å². The summed E-state index contributed by atoms with van der Waals surface area (Å²) >= 11 is 0. The maximum Gasteiger partial charge on any atom is 0.303 e. The molecule has 87 heavy (non-hydrogen) atoms. The molecular formula is C58H88O29. The van der Waals surface area contributed by atoms with Gasteiger partial charge in [-0.2, -0.15) is 0 Å². The third kappa shape index (κ3) is 11.5. The Morgan fingerprint density at radius 1 is 0.690 bits per heavy atom. The fourth-order valence-corrected chi connectivity index (χ4v) is 16.6. The molecule has 29 nitrogen and oxygen atoms in total. The van der Waals surface area contributed by atoms with Gasteiger partial charge in [-0.15, -0.1) is 0 Å². The van der Waals surface area contributed by atoms with Crippen LogP contribution in [0.4, 0.5) is 0 Å². The van der Waals surface area contributed by atoms with E-state index < -0.39 is 220 Å². The summed E-state index contributed by atoms with van der Waals surface area (Å²) in [5.74, 6) is -4.53. The van der Waals surface area contributed by atoms with Crippen molar-refractivity contribution in [1.29, 1.82) is 0 Å². The molecule has 10 fully saturated rings. The Hall–Kier alpha value is -2.58. The minimum atomic E-state index is -2.15. The Morgan fingerprint density at radius 2 is 1.36 bits per heavy atom. The molecule has 11 aliphatic rings. The van der Waals surface area contributed by atoms with Crippen molar-refractivity contribution in [3.63, 3.8) is 0 Å². The van der Waals surface area contributed by atoms with Gasteiger partial charge in [0.05, 0.1) is 76.1 Å². The number of allylic oxidation sites excluding steroid dienone is 1. The summed E-state index contributed by atoms with van der Waals surface area (Å²) in [6.07, 6.45) is -32.1. The molecule has 0 aromatic heterocycles. The third-order valence-corrected chi connectivity index (χ3v) is 21.3. The molecule has 11 rings (SSSR count). The number of hydrogen-bond donors (Lipinski definition) is 13. The van der Waals surface area contributed by atoms with Crippen LogP contribution < -0.4 is 0 Å². The first-order chi connectivity index (χ1) is 41.1. The number of ether oxygens (including phenoxy) is 14. The Morgan fingerprint density at radius 3 is 2.06 bits per heavy atom. The molecule has 4 aliphatic carbocycles. The van der Waals surface area contributed by atoms with Crippen LogP contribution in [0.5, 0.6) is 0 Å². The van der Waals surface area contributed by atoms with Gasteiger partial charge < -0.3 is 133 Å². The summed E-state index contributed by atoms with van der Waals surface area (Å²) in [6, 6.07) is 0. The van der Waals surface area contributed by atoms with Gasteiger partial charge in [-0.1, -0.05) is 32.1 Å². The minimum absolute atomic E-state index is 0.0471. The Balaban J connectivity index is 0.877. The summed E-state index contributed by atoms with van der Waals surface area (Å²) in [5.41, 5.74) is -2.31. The van der Waals surface area contributed by atoms with Crippen LogP contribution in [0.25, 0.3) is 0 Å². The van der Waals surface area contributed by atoms with Crippen LogP contribution in [-0.2, 0) is 75.9 Å². The first kappa shape index (κ1) is 65.9. The predicted octanol–water partition coefficient (Wildman–Crippen LogP) is -4.24. The summed E-state index contributed by atoms with van der Waals surface area (Å²) < 4.78 is 86.6. The summed E-state index contributed by atoms with van der Waals surface area (Å²) in [5, 5.41) is 144. The summed E-state index contributed by atoms with van der Waals surface area (Å²) in [7, 11) is 0. The number of esters is 2. The van der Waals surface area contributed by atoms with Crippen LogP contribution in [0, 0.1) is 40.4 Å². The lowest BCUT2D eigenvalue weighted by Crippen LogP contribution is -2.66. The number of aliphatic hydroxyl groups is 13. The molecule has 0 amide bonds. The number of fused-ring (bicyclic) bond motifs is 7. The van der Waals surface area contributed by atoms with E-state index in [9.17, 15) is 76.0 Å². The summed E-state index contributed by atoms with van der Waals surface area (Å²) in [6.45, 7) is 10.9. The highest BCUT2D eigenvalue weighted by Gasteiger charge is 2.74. The van der Waals surface area contributed by atoms with Gasteiger partial charge in [0, 0.05) is 31.6 Å². The van der Waals surface area contributed by atoms with Crippen molar-refractivity contribution in [3.8, 4) is 0 Å². The molecule has 1 spiro atoms. The largest absolute Gasteiger partial charge is 0.465 e. The maximum absolute atomic E-state index is 12.7. The van der Waals surface area contributed by atoms with Gasteiger partial charge >= 0.3 is 11.9 Å². The molecule has 7 heterocycles. The van der Waals surface area contributed by atoms with Crippen LogP contribution >= 0.6 is 0 Å². The lowest BCUT2D eigenvalue weighted by atomic mass is 9.46. The number of rotatable bonds is 14. The Bertz CT molecular complexity index is 2510. The van der Waals surface area contributed by atoms with Gasteiger partial charge in [0.1, 0.15) is 91.1 Å². The second kappa shape index (κ2) is 25.0. The average Bonchev–Trinajstić information content (AvgIpc) is 1.58. The second-order valence-corrected chi connectivity index (χ2v) is 26.5. The fraction of sp³-hybridized carbons (Fsp3) is 0.897. The maximum atomic E-state index is 12.7. The molecule has 0 unspecified atom stereocenters. The van der Waals surface area contributed by atoms with Gasteiger partial charge in [0.25, 0.3) is 0 Å². The summed E-state index contributed by atoms with van der Waals surface area (Å²) in [4.78, 5) is 25.1. The van der Waals surface area contributed by atoms with E-state index in [0.717, 1.165) is 12.5 Å². The zero-order valence-corrected chi connectivity index (χ0v) is 49.4. The van der Waals surface area contributed by atoms with Gasteiger partial charge in [-0.25, -0.2) is 0 Å². The molecule has 494 valence electrons. The third-order valence-electron chi connectivity index (χ3n) is 21.3. The van der Waals surface area contributed by atoms with Crippen LogP contribution in [0.1, 0.15) is 80.1 Å². The van der Waals surface area contributed by atoms with Crippen molar-refractivity contribution in [2.24, 2.45) is 40.4 Å². The van der Waals surface area contributed by atoms with Crippen LogP contribution in [0.3, 0.4) is 0 Å². The SMILES string of the molecule is C=C1CO[C@@]2(O[C@H]3C[C@H]4[C@@H]5CC=C6C[C@@H](O)C[C@@H](O[C@@H]7OC[C@@H](O)[C@@H](O[C@@H]8OC[C@@H](O)[C@H](O)[C@H]8O)[C@@H]7O[C@@H]7O[C@@H](C)[C@H](OC(C)=O)[C@@H](O[C@@H]8OC[C@](O)(CO)[C@H]8O)[C@H]7O)[C@]6(C)[C@H]5CC[C@]4(C)[C@H]3[C@@H]2COC(C)=O)[C@@H](O)[C@H]1O[C@@H]1O[C@H](C)[C@@H](O)[C@H](O)[C@H]1O. The highest BCUT2D eigenvalue weighted by Crippen LogP contribution is 2.71.